The Labute approximate surface area is 127 Å². The molecule has 9 heteroatoms. The maximum Gasteiger partial charge on any atom is 0.129 e. The van der Waals surface area contributed by atoms with Gasteiger partial charge in [0, 0.05) is 19.7 Å². The van der Waals surface area contributed by atoms with E-state index in [1.165, 1.54) is 19.5 Å². The van der Waals surface area contributed by atoms with Crippen molar-refractivity contribution in [3.05, 3.63) is 23.8 Å². The van der Waals surface area contributed by atoms with Crippen molar-refractivity contribution in [3.8, 4) is 0 Å². The minimum atomic E-state index is -1.41. The van der Waals surface area contributed by atoms with Crippen LogP contribution in [0.5, 0.6) is 0 Å². The molecule has 1 heterocycles. The maximum atomic E-state index is 9.90. The van der Waals surface area contributed by atoms with Gasteiger partial charge in [0.2, 0.25) is 0 Å². The number of hydrogen-bond donors (Lipinski definition) is 6. The standard InChI is InChI=1S/C13H22N2O7/c1-22-13(12(21)11(20)6-17)8-4-14-3-7(15-8)2-9(18)10(19)5-16/h3-4,9-13,16-21H,2,5-6H2,1H3/t9-,10-,11-,12-,13+/m1/s1. The van der Waals surface area contributed by atoms with E-state index in [-0.39, 0.29) is 12.1 Å². The van der Waals surface area contributed by atoms with E-state index in [0.717, 1.165) is 0 Å². The van der Waals surface area contributed by atoms with Gasteiger partial charge in [0.15, 0.2) is 0 Å². The molecule has 0 aromatic carbocycles. The Kier molecular flexibility index (Phi) is 7.76. The van der Waals surface area contributed by atoms with E-state index < -0.39 is 43.7 Å². The van der Waals surface area contributed by atoms with Gasteiger partial charge in [-0.15, -0.1) is 0 Å². The van der Waals surface area contributed by atoms with E-state index in [2.05, 4.69) is 9.97 Å². The highest BCUT2D eigenvalue weighted by Gasteiger charge is 2.29. The topological polar surface area (TPSA) is 156 Å². The van der Waals surface area contributed by atoms with Crippen LogP contribution in [0.3, 0.4) is 0 Å². The van der Waals surface area contributed by atoms with Gasteiger partial charge in [-0.1, -0.05) is 0 Å². The number of nitrogens with zero attached hydrogens (tertiary/aromatic N) is 2. The van der Waals surface area contributed by atoms with Crippen LogP contribution < -0.4 is 0 Å². The Morgan fingerprint density at radius 3 is 2.18 bits per heavy atom. The minimum absolute atomic E-state index is 0.0579. The van der Waals surface area contributed by atoms with Crippen LogP contribution in [0.25, 0.3) is 0 Å². The number of rotatable bonds is 9. The third-order valence-corrected chi connectivity index (χ3v) is 3.19. The minimum Gasteiger partial charge on any atom is -0.394 e. The molecule has 0 bridgehead atoms. The van der Waals surface area contributed by atoms with Gasteiger partial charge < -0.3 is 35.4 Å². The molecule has 22 heavy (non-hydrogen) atoms. The summed E-state index contributed by atoms with van der Waals surface area (Å²) in [7, 11) is 1.30. The van der Waals surface area contributed by atoms with E-state index in [9.17, 15) is 20.4 Å². The van der Waals surface area contributed by atoms with Gasteiger partial charge >= 0.3 is 0 Å². The number of aliphatic hydroxyl groups is 6. The fraction of sp³-hybridized carbons (Fsp3) is 0.692. The summed E-state index contributed by atoms with van der Waals surface area (Å²) in [5.74, 6) is 0. The van der Waals surface area contributed by atoms with Gasteiger partial charge in [0.25, 0.3) is 0 Å². The first-order valence-corrected chi connectivity index (χ1v) is 6.72. The molecule has 0 saturated heterocycles. The van der Waals surface area contributed by atoms with E-state index in [1.807, 2.05) is 0 Å². The molecule has 1 aromatic rings. The molecule has 126 valence electrons. The highest BCUT2D eigenvalue weighted by Crippen LogP contribution is 2.21. The molecule has 0 fully saturated rings. The van der Waals surface area contributed by atoms with Gasteiger partial charge in [0.05, 0.1) is 36.9 Å². The second-order valence-corrected chi connectivity index (χ2v) is 4.85. The normalized spacial score (nSPS) is 18.5. The maximum absolute atomic E-state index is 9.90. The highest BCUT2D eigenvalue weighted by molar-refractivity contribution is 5.09. The Balaban J connectivity index is 2.89. The third-order valence-electron chi connectivity index (χ3n) is 3.19. The Morgan fingerprint density at radius 1 is 1.00 bits per heavy atom. The zero-order chi connectivity index (χ0) is 16.7. The Morgan fingerprint density at radius 2 is 1.64 bits per heavy atom. The first kappa shape index (κ1) is 18.8. The van der Waals surface area contributed by atoms with Gasteiger partial charge in [0.1, 0.15) is 24.4 Å². The van der Waals surface area contributed by atoms with Crippen molar-refractivity contribution in [1.29, 1.82) is 0 Å². The summed E-state index contributed by atoms with van der Waals surface area (Å²) in [4.78, 5) is 8.05. The molecule has 0 unspecified atom stereocenters. The van der Waals surface area contributed by atoms with E-state index in [1.54, 1.807) is 0 Å². The number of aromatic nitrogens is 2. The molecule has 5 atom stereocenters. The molecule has 1 rings (SSSR count). The van der Waals surface area contributed by atoms with Crippen molar-refractivity contribution in [2.75, 3.05) is 20.3 Å². The van der Waals surface area contributed by atoms with E-state index in [4.69, 9.17) is 14.9 Å². The average Bonchev–Trinajstić information content (AvgIpc) is 2.54. The second kappa shape index (κ2) is 9.06. The predicted molar refractivity (Wildman–Crippen MR) is 73.7 cm³/mol. The molecule has 0 radical (unpaired) electrons. The van der Waals surface area contributed by atoms with Crippen LogP contribution in [0.1, 0.15) is 17.5 Å². The van der Waals surface area contributed by atoms with Crippen LogP contribution >= 0.6 is 0 Å². The van der Waals surface area contributed by atoms with Gasteiger partial charge in [-0.2, -0.15) is 0 Å². The number of aliphatic hydroxyl groups excluding tert-OH is 6. The first-order chi connectivity index (χ1) is 10.4. The van der Waals surface area contributed by atoms with Crippen molar-refractivity contribution in [1.82, 2.24) is 9.97 Å². The van der Waals surface area contributed by atoms with E-state index in [0.29, 0.717) is 5.69 Å². The molecule has 1 aromatic heterocycles. The summed E-state index contributed by atoms with van der Waals surface area (Å²) in [5, 5.41) is 56.0. The van der Waals surface area contributed by atoms with Crippen molar-refractivity contribution >= 4 is 0 Å². The molecule has 0 aliphatic rings. The first-order valence-electron chi connectivity index (χ1n) is 6.72. The SMILES string of the molecule is CO[C@@H](c1cncc(C[C@@H](O)[C@H](O)CO)n1)[C@H](O)[C@H](O)CO. The summed E-state index contributed by atoms with van der Waals surface area (Å²) in [6.07, 6.45) is -3.73. The summed E-state index contributed by atoms with van der Waals surface area (Å²) >= 11 is 0. The van der Waals surface area contributed by atoms with E-state index >= 15 is 0 Å². The average molecular weight is 318 g/mol. The summed E-state index contributed by atoms with van der Waals surface area (Å²) in [6.45, 7) is -1.23. The summed E-state index contributed by atoms with van der Waals surface area (Å²) < 4.78 is 5.07. The summed E-state index contributed by atoms with van der Waals surface area (Å²) in [5.41, 5.74) is 0.510. The lowest BCUT2D eigenvalue weighted by atomic mass is 10.0. The second-order valence-electron chi connectivity index (χ2n) is 4.85. The molecular weight excluding hydrogens is 296 g/mol. The number of methoxy groups -OCH3 is 1. The molecule has 6 N–H and O–H groups in total. The zero-order valence-corrected chi connectivity index (χ0v) is 12.1. The third kappa shape index (κ3) is 4.92. The molecule has 0 spiro atoms. The highest BCUT2D eigenvalue weighted by atomic mass is 16.5. The van der Waals surface area contributed by atoms with Crippen molar-refractivity contribution < 1.29 is 35.4 Å². The van der Waals surface area contributed by atoms with Crippen LogP contribution in [0.15, 0.2) is 12.4 Å². The fourth-order valence-corrected chi connectivity index (χ4v) is 1.88. The van der Waals surface area contributed by atoms with Gasteiger partial charge in [-0.25, -0.2) is 0 Å². The fourth-order valence-electron chi connectivity index (χ4n) is 1.88. The largest absolute Gasteiger partial charge is 0.394 e. The lowest BCUT2D eigenvalue weighted by molar-refractivity contribution is -0.0929. The van der Waals surface area contributed by atoms with Gasteiger partial charge in [-0.05, 0) is 0 Å². The molecule has 9 nitrogen and oxygen atoms in total. The molecule has 0 saturated carbocycles. The lowest BCUT2D eigenvalue weighted by Gasteiger charge is -2.24. The summed E-state index contributed by atoms with van der Waals surface area (Å²) in [6, 6.07) is 0. The number of hydrogen-bond acceptors (Lipinski definition) is 9. The smallest absolute Gasteiger partial charge is 0.129 e. The quantitative estimate of drug-likeness (QED) is 0.282. The molecule has 0 aliphatic heterocycles. The Bertz CT molecular complexity index is 448. The molecule has 0 amide bonds. The van der Waals surface area contributed by atoms with Gasteiger partial charge in [-0.3, -0.25) is 9.97 Å². The monoisotopic (exact) mass is 318 g/mol. The van der Waals surface area contributed by atoms with Crippen LogP contribution in [0.2, 0.25) is 0 Å². The molecule has 0 aliphatic carbocycles. The zero-order valence-electron chi connectivity index (χ0n) is 12.1. The predicted octanol–water partition coefficient (Wildman–Crippen LogP) is -2.87. The Hall–Kier alpha value is -1.20. The van der Waals surface area contributed by atoms with Crippen molar-refractivity contribution in [3.63, 3.8) is 0 Å². The van der Waals surface area contributed by atoms with Crippen LogP contribution in [-0.2, 0) is 11.2 Å². The molecular formula is C13H22N2O7. The lowest BCUT2D eigenvalue weighted by Crippen LogP contribution is -2.36. The van der Waals surface area contributed by atoms with Crippen molar-refractivity contribution in [2.24, 2.45) is 0 Å². The number of ether oxygens (including phenoxy) is 1. The van der Waals surface area contributed by atoms with Crippen LogP contribution in [0, 0.1) is 0 Å². The van der Waals surface area contributed by atoms with Crippen LogP contribution in [0.4, 0.5) is 0 Å². The van der Waals surface area contributed by atoms with Crippen molar-refractivity contribution in [2.45, 2.75) is 36.9 Å². The van der Waals surface area contributed by atoms with Crippen LogP contribution in [-0.4, -0.2) is 85.3 Å².